The van der Waals surface area contributed by atoms with Crippen molar-refractivity contribution in [3.05, 3.63) is 66.1 Å². The first kappa shape index (κ1) is 15.2. The zero-order valence-corrected chi connectivity index (χ0v) is 12.7. The van der Waals surface area contributed by atoms with E-state index in [1.165, 1.54) is 0 Å². The molecule has 0 aliphatic rings. The number of pyridine rings is 1. The molecule has 0 aliphatic carbocycles. The van der Waals surface area contributed by atoms with E-state index in [4.69, 9.17) is 0 Å². The average Bonchev–Trinajstić information content (AvgIpc) is 3.06. The van der Waals surface area contributed by atoms with Gasteiger partial charge in [-0.2, -0.15) is 0 Å². The van der Waals surface area contributed by atoms with Crippen LogP contribution in [0, 0.1) is 5.92 Å². The minimum Gasteiger partial charge on any atom is -0.396 e. The van der Waals surface area contributed by atoms with Crippen molar-refractivity contribution >= 4 is 16.8 Å². The predicted octanol–water partition coefficient (Wildman–Crippen LogP) is 2.14. The quantitative estimate of drug-likeness (QED) is 0.653. The Labute approximate surface area is 134 Å². The van der Waals surface area contributed by atoms with Crippen LogP contribution in [0.5, 0.6) is 0 Å². The van der Waals surface area contributed by atoms with Gasteiger partial charge in [0, 0.05) is 48.2 Å². The summed E-state index contributed by atoms with van der Waals surface area (Å²) in [6, 6.07) is 13.2. The third-order valence-electron chi connectivity index (χ3n) is 3.85. The van der Waals surface area contributed by atoms with E-state index < -0.39 is 0 Å². The lowest BCUT2D eigenvalue weighted by Gasteiger charge is -2.14. The number of carbonyl (C=O) groups is 1. The smallest absolute Gasteiger partial charge is 0.251 e. The average molecular weight is 309 g/mol. The number of rotatable bonds is 6. The number of aromatic nitrogens is 2. The number of fused-ring (bicyclic) bond motifs is 1. The van der Waals surface area contributed by atoms with E-state index in [0.29, 0.717) is 18.5 Å². The normalized spacial score (nSPS) is 12.2. The maximum absolute atomic E-state index is 12.3. The van der Waals surface area contributed by atoms with Gasteiger partial charge in [-0.15, -0.1) is 0 Å². The minimum absolute atomic E-state index is 0.00647. The standard InChI is InChI=1S/C18H19N3O2/c22-12-13(9-16-3-1-2-7-19-16)11-21-18(23)15-5-4-14-6-8-20-17(14)10-15/h1-8,10,13,20,22H,9,11-12H2,(H,21,23). The molecule has 0 aliphatic heterocycles. The number of aliphatic hydroxyl groups is 1. The van der Waals surface area contributed by atoms with Crippen molar-refractivity contribution in [1.82, 2.24) is 15.3 Å². The Balaban J connectivity index is 1.60. The molecule has 0 spiro atoms. The Hall–Kier alpha value is -2.66. The SMILES string of the molecule is O=C(NCC(CO)Cc1ccccn1)c1ccc2cc[nH]c2c1. The highest BCUT2D eigenvalue weighted by Gasteiger charge is 2.12. The molecule has 0 saturated heterocycles. The number of aromatic amines is 1. The summed E-state index contributed by atoms with van der Waals surface area (Å²) >= 11 is 0. The van der Waals surface area contributed by atoms with Crippen LogP contribution < -0.4 is 5.32 Å². The summed E-state index contributed by atoms with van der Waals surface area (Å²) in [6.07, 6.45) is 4.21. The van der Waals surface area contributed by atoms with Crippen molar-refractivity contribution < 1.29 is 9.90 Å². The molecule has 1 atom stereocenters. The number of nitrogens with one attached hydrogen (secondary N) is 2. The van der Waals surface area contributed by atoms with Gasteiger partial charge in [0.25, 0.3) is 5.91 Å². The molecule has 5 heteroatoms. The number of hydrogen-bond acceptors (Lipinski definition) is 3. The molecule has 23 heavy (non-hydrogen) atoms. The third-order valence-corrected chi connectivity index (χ3v) is 3.85. The van der Waals surface area contributed by atoms with Gasteiger partial charge in [0.2, 0.25) is 0 Å². The lowest BCUT2D eigenvalue weighted by molar-refractivity contribution is 0.0940. The maximum Gasteiger partial charge on any atom is 0.251 e. The molecule has 5 nitrogen and oxygen atoms in total. The first-order valence-electron chi connectivity index (χ1n) is 7.62. The van der Waals surface area contributed by atoms with Gasteiger partial charge >= 0.3 is 0 Å². The first-order valence-corrected chi connectivity index (χ1v) is 7.62. The highest BCUT2D eigenvalue weighted by atomic mass is 16.3. The van der Waals surface area contributed by atoms with Gasteiger partial charge in [0.15, 0.2) is 0 Å². The van der Waals surface area contributed by atoms with Gasteiger partial charge in [0.05, 0.1) is 0 Å². The van der Waals surface area contributed by atoms with Gasteiger partial charge < -0.3 is 15.4 Å². The Morgan fingerprint density at radius 3 is 2.96 bits per heavy atom. The monoisotopic (exact) mass is 309 g/mol. The molecule has 1 aromatic carbocycles. The fraction of sp³-hybridized carbons (Fsp3) is 0.222. The van der Waals surface area contributed by atoms with Gasteiger partial charge in [0.1, 0.15) is 0 Å². The summed E-state index contributed by atoms with van der Waals surface area (Å²) in [7, 11) is 0. The van der Waals surface area contributed by atoms with Crippen molar-refractivity contribution in [2.45, 2.75) is 6.42 Å². The fourth-order valence-corrected chi connectivity index (χ4v) is 2.54. The summed E-state index contributed by atoms with van der Waals surface area (Å²) in [5.74, 6) is -0.191. The topological polar surface area (TPSA) is 78.0 Å². The zero-order chi connectivity index (χ0) is 16.1. The van der Waals surface area contributed by atoms with E-state index in [9.17, 15) is 9.90 Å². The van der Waals surface area contributed by atoms with Crippen LogP contribution in [-0.2, 0) is 6.42 Å². The molecule has 1 unspecified atom stereocenters. The molecule has 3 rings (SSSR count). The number of nitrogens with zero attached hydrogens (tertiary/aromatic N) is 1. The summed E-state index contributed by atoms with van der Waals surface area (Å²) in [5, 5.41) is 13.5. The van der Waals surface area contributed by atoms with Crippen molar-refractivity contribution in [3.63, 3.8) is 0 Å². The van der Waals surface area contributed by atoms with Crippen molar-refractivity contribution in [1.29, 1.82) is 0 Å². The number of hydrogen-bond donors (Lipinski definition) is 3. The Bertz CT molecular complexity index is 783. The molecular formula is C18H19N3O2. The molecule has 1 amide bonds. The lowest BCUT2D eigenvalue weighted by atomic mass is 10.0. The van der Waals surface area contributed by atoms with E-state index >= 15 is 0 Å². The molecule has 0 radical (unpaired) electrons. The number of benzene rings is 1. The number of H-pyrrole nitrogens is 1. The van der Waals surface area contributed by atoms with Crippen LogP contribution in [0.3, 0.4) is 0 Å². The highest BCUT2D eigenvalue weighted by Crippen LogP contribution is 2.14. The molecule has 0 fully saturated rings. The minimum atomic E-state index is -0.138. The van der Waals surface area contributed by atoms with Crippen LogP contribution in [0.25, 0.3) is 10.9 Å². The summed E-state index contributed by atoms with van der Waals surface area (Å²) in [5.41, 5.74) is 2.45. The van der Waals surface area contributed by atoms with E-state index in [0.717, 1.165) is 16.6 Å². The third kappa shape index (κ3) is 3.76. The van der Waals surface area contributed by atoms with E-state index in [1.807, 2.05) is 42.6 Å². The Kier molecular flexibility index (Phi) is 4.68. The van der Waals surface area contributed by atoms with E-state index in [-0.39, 0.29) is 18.4 Å². The summed E-state index contributed by atoms with van der Waals surface area (Å²) < 4.78 is 0. The molecule has 3 N–H and O–H groups in total. The van der Waals surface area contributed by atoms with Crippen LogP contribution in [0.4, 0.5) is 0 Å². The van der Waals surface area contributed by atoms with E-state index in [1.54, 1.807) is 12.3 Å². The van der Waals surface area contributed by atoms with Crippen molar-refractivity contribution in [2.24, 2.45) is 5.92 Å². The molecule has 0 bridgehead atoms. The Morgan fingerprint density at radius 1 is 1.26 bits per heavy atom. The van der Waals surface area contributed by atoms with Crippen LogP contribution in [0.2, 0.25) is 0 Å². The van der Waals surface area contributed by atoms with Crippen LogP contribution in [0.15, 0.2) is 54.9 Å². The molecule has 118 valence electrons. The lowest BCUT2D eigenvalue weighted by Crippen LogP contribution is -2.32. The number of carbonyl (C=O) groups excluding carboxylic acids is 1. The van der Waals surface area contributed by atoms with Crippen molar-refractivity contribution in [2.75, 3.05) is 13.2 Å². The second kappa shape index (κ2) is 7.07. The number of amides is 1. The summed E-state index contributed by atoms with van der Waals surface area (Å²) in [4.78, 5) is 19.6. The van der Waals surface area contributed by atoms with Gasteiger partial charge in [-0.05, 0) is 42.1 Å². The maximum atomic E-state index is 12.3. The van der Waals surface area contributed by atoms with Gasteiger partial charge in [-0.1, -0.05) is 12.1 Å². The zero-order valence-electron chi connectivity index (χ0n) is 12.7. The largest absolute Gasteiger partial charge is 0.396 e. The van der Waals surface area contributed by atoms with E-state index in [2.05, 4.69) is 15.3 Å². The summed E-state index contributed by atoms with van der Waals surface area (Å²) in [6.45, 7) is 0.418. The second-order valence-electron chi connectivity index (χ2n) is 5.56. The highest BCUT2D eigenvalue weighted by molar-refractivity contribution is 5.97. The van der Waals surface area contributed by atoms with Gasteiger partial charge in [-0.25, -0.2) is 0 Å². The molecule has 2 aromatic heterocycles. The number of aliphatic hydroxyl groups excluding tert-OH is 1. The predicted molar refractivity (Wildman–Crippen MR) is 89.1 cm³/mol. The van der Waals surface area contributed by atoms with Crippen LogP contribution >= 0.6 is 0 Å². The van der Waals surface area contributed by atoms with Crippen LogP contribution in [0.1, 0.15) is 16.1 Å². The molecule has 0 saturated carbocycles. The van der Waals surface area contributed by atoms with Crippen molar-refractivity contribution in [3.8, 4) is 0 Å². The molecule has 2 heterocycles. The molecule has 3 aromatic rings. The Morgan fingerprint density at radius 2 is 2.17 bits per heavy atom. The van der Waals surface area contributed by atoms with Crippen LogP contribution in [-0.4, -0.2) is 34.1 Å². The second-order valence-corrected chi connectivity index (χ2v) is 5.56. The fourth-order valence-electron chi connectivity index (χ4n) is 2.54. The first-order chi connectivity index (χ1) is 11.3. The molecular weight excluding hydrogens is 290 g/mol. The van der Waals surface area contributed by atoms with Gasteiger partial charge in [-0.3, -0.25) is 9.78 Å².